The number of nitrogens with zero attached hydrogens (tertiary/aromatic N) is 2. The van der Waals surface area contributed by atoms with E-state index in [9.17, 15) is 4.79 Å². The van der Waals surface area contributed by atoms with E-state index in [0.29, 0.717) is 5.02 Å². The normalized spacial score (nSPS) is 18.1. The molecular formula is C16H17ClN2O3. The van der Waals surface area contributed by atoms with Gasteiger partial charge in [-0.1, -0.05) is 17.7 Å². The Balaban J connectivity index is 1.61. The molecule has 1 aromatic heterocycles. The molecule has 0 aliphatic carbocycles. The van der Waals surface area contributed by atoms with E-state index >= 15 is 0 Å². The average Bonchev–Trinajstić information content (AvgIpc) is 3.04. The molecule has 2 aromatic rings. The van der Waals surface area contributed by atoms with Gasteiger partial charge >= 0.3 is 5.97 Å². The fourth-order valence-electron chi connectivity index (χ4n) is 2.38. The average molecular weight is 321 g/mol. The van der Waals surface area contributed by atoms with Crippen LogP contribution in [0.3, 0.4) is 0 Å². The van der Waals surface area contributed by atoms with Crippen LogP contribution in [0.5, 0.6) is 0 Å². The lowest BCUT2D eigenvalue weighted by atomic mass is 10.1. The summed E-state index contributed by atoms with van der Waals surface area (Å²) in [5.41, 5.74) is 1.07. The summed E-state index contributed by atoms with van der Waals surface area (Å²) in [5, 5.41) is 4.85. The maximum atomic E-state index is 12.0. The van der Waals surface area contributed by atoms with Crippen molar-refractivity contribution < 1.29 is 14.3 Å². The van der Waals surface area contributed by atoms with Gasteiger partial charge in [-0.2, -0.15) is 5.10 Å². The standard InChI is InChI=1S/C16H17ClN2O3/c17-12-4-3-5-13(10-12)19-8-7-15(18-19)16(20)22-11-14-6-1-2-9-21-14/h3-5,7-8,10,14H,1-2,6,9,11H2. The number of ether oxygens (including phenoxy) is 2. The lowest BCUT2D eigenvalue weighted by Gasteiger charge is -2.21. The minimum absolute atomic E-state index is 0.00714. The van der Waals surface area contributed by atoms with Crippen molar-refractivity contribution in [2.24, 2.45) is 0 Å². The van der Waals surface area contributed by atoms with Gasteiger partial charge < -0.3 is 9.47 Å². The van der Waals surface area contributed by atoms with Crippen LogP contribution in [0.25, 0.3) is 5.69 Å². The Kier molecular flexibility index (Phi) is 4.75. The predicted octanol–water partition coefficient (Wildman–Crippen LogP) is 3.25. The largest absolute Gasteiger partial charge is 0.458 e. The van der Waals surface area contributed by atoms with E-state index < -0.39 is 5.97 Å². The van der Waals surface area contributed by atoms with Crippen molar-refractivity contribution in [2.45, 2.75) is 25.4 Å². The van der Waals surface area contributed by atoms with Gasteiger partial charge in [0.1, 0.15) is 6.61 Å². The first-order valence-electron chi connectivity index (χ1n) is 7.33. The molecule has 0 saturated carbocycles. The van der Waals surface area contributed by atoms with E-state index in [1.54, 1.807) is 29.1 Å². The van der Waals surface area contributed by atoms with Crippen molar-refractivity contribution in [3.63, 3.8) is 0 Å². The number of halogens is 1. The first-order chi connectivity index (χ1) is 10.7. The second kappa shape index (κ2) is 6.94. The molecule has 5 nitrogen and oxygen atoms in total. The molecule has 1 fully saturated rings. The van der Waals surface area contributed by atoms with Crippen LogP contribution in [0.2, 0.25) is 5.02 Å². The Labute approximate surface area is 133 Å². The molecule has 0 amide bonds. The molecule has 1 aliphatic rings. The second-order valence-electron chi connectivity index (χ2n) is 5.21. The van der Waals surface area contributed by atoms with E-state index in [1.807, 2.05) is 12.1 Å². The Bertz CT molecular complexity index is 650. The Morgan fingerprint density at radius 2 is 2.32 bits per heavy atom. The maximum Gasteiger partial charge on any atom is 0.358 e. The maximum absolute atomic E-state index is 12.0. The summed E-state index contributed by atoms with van der Waals surface area (Å²) < 4.78 is 12.4. The molecule has 3 rings (SSSR count). The molecule has 22 heavy (non-hydrogen) atoms. The van der Waals surface area contributed by atoms with E-state index in [4.69, 9.17) is 21.1 Å². The molecule has 0 radical (unpaired) electrons. The number of benzene rings is 1. The van der Waals surface area contributed by atoms with Crippen molar-refractivity contribution in [2.75, 3.05) is 13.2 Å². The summed E-state index contributed by atoms with van der Waals surface area (Å²) >= 11 is 5.95. The second-order valence-corrected chi connectivity index (χ2v) is 5.65. The number of rotatable bonds is 4. The van der Waals surface area contributed by atoms with Gasteiger partial charge in [-0.3, -0.25) is 0 Å². The molecule has 6 heteroatoms. The number of hydrogen-bond donors (Lipinski definition) is 0. The first-order valence-corrected chi connectivity index (χ1v) is 7.70. The Morgan fingerprint density at radius 3 is 3.09 bits per heavy atom. The third-order valence-electron chi connectivity index (χ3n) is 3.55. The SMILES string of the molecule is O=C(OCC1CCCCO1)c1ccn(-c2cccc(Cl)c2)n1. The summed E-state index contributed by atoms with van der Waals surface area (Å²) in [6.07, 6.45) is 4.84. The zero-order valence-electron chi connectivity index (χ0n) is 12.1. The highest BCUT2D eigenvalue weighted by molar-refractivity contribution is 6.30. The van der Waals surface area contributed by atoms with Crippen LogP contribution in [0.4, 0.5) is 0 Å². The molecule has 2 heterocycles. The van der Waals surface area contributed by atoms with Crippen LogP contribution in [-0.4, -0.2) is 35.1 Å². The van der Waals surface area contributed by atoms with Gasteiger partial charge in [0.25, 0.3) is 0 Å². The zero-order chi connectivity index (χ0) is 15.4. The van der Waals surface area contributed by atoms with E-state index in [1.165, 1.54) is 0 Å². The highest BCUT2D eigenvalue weighted by Gasteiger charge is 2.18. The van der Waals surface area contributed by atoms with Crippen LogP contribution in [0.15, 0.2) is 36.5 Å². The Morgan fingerprint density at radius 1 is 1.41 bits per heavy atom. The summed E-state index contributed by atoms with van der Waals surface area (Å²) in [6.45, 7) is 1.02. The van der Waals surface area contributed by atoms with Gasteiger partial charge in [0.05, 0.1) is 11.8 Å². The number of carbonyl (C=O) groups excluding carboxylic acids is 1. The molecule has 0 spiro atoms. The molecule has 1 atom stereocenters. The molecule has 1 saturated heterocycles. The quantitative estimate of drug-likeness (QED) is 0.811. The number of aromatic nitrogens is 2. The smallest absolute Gasteiger partial charge is 0.358 e. The molecule has 1 aliphatic heterocycles. The third-order valence-corrected chi connectivity index (χ3v) is 3.78. The van der Waals surface area contributed by atoms with Gasteiger partial charge in [0.2, 0.25) is 0 Å². The van der Waals surface area contributed by atoms with E-state index in [0.717, 1.165) is 31.6 Å². The van der Waals surface area contributed by atoms with Crippen molar-refractivity contribution in [1.82, 2.24) is 9.78 Å². The lowest BCUT2D eigenvalue weighted by molar-refractivity contribution is -0.0302. The summed E-state index contributed by atoms with van der Waals surface area (Å²) in [7, 11) is 0. The van der Waals surface area contributed by atoms with E-state index in [-0.39, 0.29) is 18.4 Å². The molecule has 116 valence electrons. The molecule has 1 unspecified atom stereocenters. The van der Waals surface area contributed by atoms with Crippen molar-refractivity contribution in [1.29, 1.82) is 0 Å². The van der Waals surface area contributed by atoms with Gasteiger partial charge in [-0.25, -0.2) is 9.48 Å². The van der Waals surface area contributed by atoms with Gasteiger partial charge in [0, 0.05) is 17.8 Å². The first kappa shape index (κ1) is 15.1. The summed E-state index contributed by atoms with van der Waals surface area (Å²) in [5.74, 6) is -0.435. The summed E-state index contributed by atoms with van der Waals surface area (Å²) in [6, 6.07) is 8.89. The van der Waals surface area contributed by atoms with Crippen LogP contribution < -0.4 is 0 Å². The van der Waals surface area contributed by atoms with Crippen molar-refractivity contribution >= 4 is 17.6 Å². The van der Waals surface area contributed by atoms with Crippen LogP contribution >= 0.6 is 11.6 Å². The van der Waals surface area contributed by atoms with Crippen LogP contribution in [0, 0.1) is 0 Å². The zero-order valence-corrected chi connectivity index (χ0v) is 12.8. The fourth-order valence-corrected chi connectivity index (χ4v) is 2.56. The highest BCUT2D eigenvalue weighted by Crippen LogP contribution is 2.16. The summed E-state index contributed by atoms with van der Waals surface area (Å²) in [4.78, 5) is 12.0. The van der Waals surface area contributed by atoms with Crippen molar-refractivity contribution in [3.05, 3.63) is 47.2 Å². The molecule has 0 N–H and O–H groups in total. The molecule has 0 bridgehead atoms. The van der Waals surface area contributed by atoms with Crippen molar-refractivity contribution in [3.8, 4) is 5.69 Å². The predicted molar refractivity (Wildman–Crippen MR) is 82.4 cm³/mol. The van der Waals surface area contributed by atoms with Gasteiger partial charge in [0.15, 0.2) is 5.69 Å². The topological polar surface area (TPSA) is 53.4 Å². The minimum atomic E-state index is -0.435. The number of esters is 1. The van der Waals surface area contributed by atoms with E-state index in [2.05, 4.69) is 5.10 Å². The molecular weight excluding hydrogens is 304 g/mol. The fraction of sp³-hybridized carbons (Fsp3) is 0.375. The molecule has 1 aromatic carbocycles. The highest BCUT2D eigenvalue weighted by atomic mass is 35.5. The Hall–Kier alpha value is -1.85. The van der Waals surface area contributed by atoms with Gasteiger partial charge in [-0.05, 0) is 43.5 Å². The lowest BCUT2D eigenvalue weighted by Crippen LogP contribution is -2.26. The van der Waals surface area contributed by atoms with Crippen LogP contribution in [-0.2, 0) is 9.47 Å². The third kappa shape index (κ3) is 3.67. The number of hydrogen-bond acceptors (Lipinski definition) is 4. The minimum Gasteiger partial charge on any atom is -0.458 e. The van der Waals surface area contributed by atoms with Crippen LogP contribution in [0.1, 0.15) is 29.8 Å². The monoisotopic (exact) mass is 320 g/mol. The number of carbonyl (C=O) groups is 1. The van der Waals surface area contributed by atoms with Gasteiger partial charge in [-0.15, -0.1) is 0 Å².